The predicted molar refractivity (Wildman–Crippen MR) is 106 cm³/mol. The molecule has 0 spiro atoms. The summed E-state index contributed by atoms with van der Waals surface area (Å²) in [5.74, 6) is 1.44. The number of hydrogen-bond acceptors (Lipinski definition) is 5. The number of nitrogens with zero attached hydrogens (tertiary/aromatic N) is 3. The van der Waals surface area contributed by atoms with Crippen molar-refractivity contribution in [1.29, 1.82) is 0 Å². The first-order valence-corrected chi connectivity index (χ1v) is 10.1. The minimum atomic E-state index is 0.540. The zero-order chi connectivity index (χ0) is 18.1. The second-order valence-corrected chi connectivity index (χ2v) is 7.95. The molecule has 0 radical (unpaired) electrons. The highest BCUT2D eigenvalue weighted by atomic mass is 32.1. The van der Waals surface area contributed by atoms with E-state index in [0.717, 1.165) is 70.6 Å². The van der Waals surface area contributed by atoms with E-state index >= 15 is 0 Å². The molecule has 6 nitrogen and oxygen atoms in total. The molecule has 1 aromatic rings. The highest BCUT2D eigenvalue weighted by Crippen LogP contribution is 2.16. The SMILES string of the molecule is CCNC(=NCC(C)CN1CCOCC1)NCCc1nc(C)c(C)s1. The number of morpholine rings is 1. The van der Waals surface area contributed by atoms with E-state index in [9.17, 15) is 0 Å². The van der Waals surface area contributed by atoms with Crippen LogP contribution in [0.1, 0.15) is 29.4 Å². The van der Waals surface area contributed by atoms with E-state index in [0.29, 0.717) is 5.92 Å². The summed E-state index contributed by atoms with van der Waals surface area (Å²) >= 11 is 1.79. The monoisotopic (exact) mass is 367 g/mol. The van der Waals surface area contributed by atoms with E-state index in [1.165, 1.54) is 9.88 Å². The standard InChI is InChI=1S/C18H33N5OS/c1-5-19-18(20-7-6-17-22-15(3)16(4)25-17)21-12-14(2)13-23-8-10-24-11-9-23/h14H,5-13H2,1-4H3,(H2,19,20,21). The largest absolute Gasteiger partial charge is 0.379 e. The maximum Gasteiger partial charge on any atom is 0.191 e. The summed E-state index contributed by atoms with van der Waals surface area (Å²) < 4.78 is 5.41. The molecule has 0 aromatic carbocycles. The molecule has 0 bridgehead atoms. The Bertz CT molecular complexity index is 520. The van der Waals surface area contributed by atoms with Crippen molar-refractivity contribution in [2.75, 3.05) is 52.5 Å². The maximum absolute atomic E-state index is 5.41. The molecule has 1 unspecified atom stereocenters. The van der Waals surface area contributed by atoms with E-state index in [-0.39, 0.29) is 0 Å². The van der Waals surface area contributed by atoms with E-state index in [1.807, 2.05) is 0 Å². The number of hydrogen-bond donors (Lipinski definition) is 2. The van der Waals surface area contributed by atoms with Gasteiger partial charge in [0.2, 0.25) is 0 Å². The Morgan fingerprint density at radius 3 is 2.72 bits per heavy atom. The quantitative estimate of drug-likeness (QED) is 0.542. The van der Waals surface area contributed by atoms with Crippen molar-refractivity contribution in [2.24, 2.45) is 10.9 Å². The average molecular weight is 368 g/mol. The molecule has 0 amide bonds. The van der Waals surface area contributed by atoms with Crippen molar-refractivity contribution in [3.8, 4) is 0 Å². The number of aliphatic imine (C=N–C) groups is 1. The second kappa shape index (κ2) is 10.7. The molecule has 2 heterocycles. The molecule has 1 fully saturated rings. The van der Waals surface area contributed by atoms with Gasteiger partial charge in [0, 0.05) is 50.6 Å². The van der Waals surface area contributed by atoms with Gasteiger partial charge in [-0.15, -0.1) is 11.3 Å². The topological polar surface area (TPSA) is 61.8 Å². The lowest BCUT2D eigenvalue weighted by atomic mass is 10.1. The maximum atomic E-state index is 5.41. The van der Waals surface area contributed by atoms with Gasteiger partial charge in [0.1, 0.15) is 0 Å². The Morgan fingerprint density at radius 1 is 1.32 bits per heavy atom. The molecular formula is C18H33N5OS. The van der Waals surface area contributed by atoms with Gasteiger partial charge in [-0.05, 0) is 26.7 Å². The Balaban J connectivity index is 1.74. The molecule has 25 heavy (non-hydrogen) atoms. The predicted octanol–water partition coefficient (Wildman–Crippen LogP) is 1.83. The van der Waals surface area contributed by atoms with Crippen LogP contribution in [0, 0.1) is 19.8 Å². The van der Waals surface area contributed by atoms with Crippen LogP contribution in [0.15, 0.2) is 4.99 Å². The molecule has 2 N–H and O–H groups in total. The summed E-state index contributed by atoms with van der Waals surface area (Å²) in [4.78, 5) is 13.1. The van der Waals surface area contributed by atoms with Crippen molar-refractivity contribution >= 4 is 17.3 Å². The molecule has 1 aliphatic heterocycles. The van der Waals surface area contributed by atoms with Crippen LogP contribution in [-0.4, -0.2) is 68.3 Å². The average Bonchev–Trinajstić information content (AvgIpc) is 2.91. The number of thiazole rings is 1. The molecule has 0 saturated carbocycles. The smallest absolute Gasteiger partial charge is 0.191 e. The third kappa shape index (κ3) is 7.30. The van der Waals surface area contributed by atoms with Gasteiger partial charge in [-0.2, -0.15) is 0 Å². The minimum absolute atomic E-state index is 0.540. The third-order valence-corrected chi connectivity index (χ3v) is 5.42. The van der Waals surface area contributed by atoms with Crippen molar-refractivity contribution in [1.82, 2.24) is 20.5 Å². The first-order chi connectivity index (χ1) is 12.1. The molecule has 142 valence electrons. The van der Waals surface area contributed by atoms with E-state index < -0.39 is 0 Å². The number of rotatable bonds is 8. The summed E-state index contributed by atoms with van der Waals surface area (Å²) in [5.41, 5.74) is 1.15. The number of aromatic nitrogens is 1. The Morgan fingerprint density at radius 2 is 2.08 bits per heavy atom. The van der Waals surface area contributed by atoms with Crippen molar-refractivity contribution in [3.05, 3.63) is 15.6 Å². The fourth-order valence-corrected chi connectivity index (χ4v) is 3.74. The van der Waals surface area contributed by atoms with Gasteiger partial charge in [0.05, 0.1) is 23.9 Å². The normalized spacial score (nSPS) is 17.5. The van der Waals surface area contributed by atoms with Gasteiger partial charge in [0.15, 0.2) is 5.96 Å². The van der Waals surface area contributed by atoms with Crippen molar-refractivity contribution in [3.63, 3.8) is 0 Å². The molecule has 1 aliphatic rings. The lowest BCUT2D eigenvalue weighted by molar-refractivity contribution is 0.0323. The number of nitrogens with one attached hydrogen (secondary N) is 2. The molecule has 0 aliphatic carbocycles. The summed E-state index contributed by atoms with van der Waals surface area (Å²) in [6, 6.07) is 0. The molecule has 1 aromatic heterocycles. The van der Waals surface area contributed by atoms with Gasteiger partial charge in [-0.1, -0.05) is 6.92 Å². The fraction of sp³-hybridized carbons (Fsp3) is 0.778. The summed E-state index contributed by atoms with van der Waals surface area (Å²) in [5, 5.41) is 7.96. The Hall–Kier alpha value is -1.18. The van der Waals surface area contributed by atoms with Crippen LogP contribution in [0.3, 0.4) is 0 Å². The van der Waals surface area contributed by atoms with Gasteiger partial charge < -0.3 is 15.4 Å². The van der Waals surface area contributed by atoms with Gasteiger partial charge >= 0.3 is 0 Å². The number of aryl methyl sites for hydroxylation is 2. The second-order valence-electron chi connectivity index (χ2n) is 6.66. The zero-order valence-corrected chi connectivity index (χ0v) is 16.9. The third-order valence-electron chi connectivity index (χ3n) is 4.28. The lowest BCUT2D eigenvalue weighted by Crippen LogP contribution is -2.40. The van der Waals surface area contributed by atoms with Crippen LogP contribution in [0.4, 0.5) is 0 Å². The highest BCUT2D eigenvalue weighted by molar-refractivity contribution is 7.11. The molecule has 7 heteroatoms. The highest BCUT2D eigenvalue weighted by Gasteiger charge is 2.13. The first kappa shape index (κ1) is 20.1. The van der Waals surface area contributed by atoms with E-state index in [4.69, 9.17) is 9.73 Å². The van der Waals surface area contributed by atoms with Crippen LogP contribution >= 0.6 is 11.3 Å². The van der Waals surface area contributed by atoms with Crippen LogP contribution < -0.4 is 10.6 Å². The zero-order valence-electron chi connectivity index (χ0n) is 16.1. The Labute approximate surface area is 156 Å². The van der Waals surface area contributed by atoms with E-state index in [1.54, 1.807) is 11.3 Å². The van der Waals surface area contributed by atoms with E-state index in [2.05, 4.69) is 48.2 Å². The number of ether oxygens (including phenoxy) is 1. The van der Waals surface area contributed by atoms with Gasteiger partial charge in [-0.25, -0.2) is 4.98 Å². The lowest BCUT2D eigenvalue weighted by Gasteiger charge is -2.28. The molecular weight excluding hydrogens is 334 g/mol. The van der Waals surface area contributed by atoms with Crippen molar-refractivity contribution < 1.29 is 4.74 Å². The summed E-state index contributed by atoms with van der Waals surface area (Å²) in [6.45, 7) is 16.0. The first-order valence-electron chi connectivity index (χ1n) is 9.33. The summed E-state index contributed by atoms with van der Waals surface area (Å²) in [6.07, 6.45) is 0.938. The van der Waals surface area contributed by atoms with Crippen molar-refractivity contribution in [2.45, 2.75) is 34.1 Å². The van der Waals surface area contributed by atoms with Crippen LogP contribution in [0.5, 0.6) is 0 Å². The van der Waals surface area contributed by atoms with Crippen LogP contribution in [0.2, 0.25) is 0 Å². The van der Waals surface area contributed by atoms with Gasteiger partial charge in [0.25, 0.3) is 0 Å². The molecule has 1 atom stereocenters. The molecule has 2 rings (SSSR count). The fourth-order valence-electron chi connectivity index (χ4n) is 2.81. The summed E-state index contributed by atoms with van der Waals surface area (Å²) in [7, 11) is 0. The minimum Gasteiger partial charge on any atom is -0.379 e. The molecule has 1 saturated heterocycles. The van der Waals surface area contributed by atoms with Gasteiger partial charge in [-0.3, -0.25) is 9.89 Å². The number of guanidine groups is 1. The Kier molecular flexibility index (Phi) is 8.64. The van der Waals surface area contributed by atoms with Crippen LogP contribution in [-0.2, 0) is 11.2 Å². The van der Waals surface area contributed by atoms with Crippen LogP contribution in [0.25, 0.3) is 0 Å².